The monoisotopic (exact) mass is 297 g/mol. The molecular weight excluding hydrogens is 274 g/mol. The average Bonchev–Trinajstić information content (AvgIpc) is 2.57. The summed E-state index contributed by atoms with van der Waals surface area (Å²) in [7, 11) is 0. The van der Waals surface area contributed by atoms with Crippen LogP contribution in [0.2, 0.25) is 0 Å². The smallest absolute Gasteiger partial charge is 0.407 e. The highest BCUT2D eigenvalue weighted by atomic mass is 16.5. The fourth-order valence-electron chi connectivity index (χ4n) is 2.33. The maximum absolute atomic E-state index is 11.8. The number of nitrogens with one attached hydrogen (secondary N) is 1. The second-order valence-electron chi connectivity index (χ2n) is 5.25. The van der Waals surface area contributed by atoms with Crippen molar-refractivity contribution in [2.45, 2.75) is 25.7 Å². The minimum Gasteiger partial charge on any atom is -0.449 e. The summed E-state index contributed by atoms with van der Waals surface area (Å²) < 4.78 is 5.41. The van der Waals surface area contributed by atoms with Gasteiger partial charge in [0.05, 0.1) is 0 Å². The van der Waals surface area contributed by atoms with Crippen molar-refractivity contribution in [3.8, 4) is 0 Å². The van der Waals surface area contributed by atoms with Crippen LogP contribution in [0.1, 0.15) is 36.8 Å². The average molecular weight is 297 g/mol. The van der Waals surface area contributed by atoms with E-state index in [9.17, 15) is 4.79 Å². The Bertz CT molecular complexity index is 515. The summed E-state index contributed by atoms with van der Waals surface area (Å²) in [5.74, 6) is 0.0549. The number of carbonyl (C=O) groups excluding carboxylic acids is 1. The summed E-state index contributed by atoms with van der Waals surface area (Å²) in [6.45, 7) is 3.09. The molecule has 0 unspecified atom stereocenters. The third-order valence-electron chi connectivity index (χ3n) is 3.58. The Morgan fingerprint density at radius 1 is 1.00 bits per heavy atom. The molecule has 2 aromatic carbocycles. The highest BCUT2D eigenvalue weighted by molar-refractivity contribution is 5.67. The van der Waals surface area contributed by atoms with Crippen LogP contribution in [0.5, 0.6) is 0 Å². The molecule has 3 heteroatoms. The lowest BCUT2D eigenvalue weighted by Crippen LogP contribution is -2.27. The Hall–Kier alpha value is -2.29. The van der Waals surface area contributed by atoms with E-state index in [-0.39, 0.29) is 12.0 Å². The minimum atomic E-state index is -0.342. The highest BCUT2D eigenvalue weighted by Crippen LogP contribution is 2.24. The first-order valence-electron chi connectivity index (χ1n) is 7.81. The maximum Gasteiger partial charge on any atom is 0.407 e. The van der Waals surface area contributed by atoms with E-state index >= 15 is 0 Å². The molecule has 0 atom stereocenters. The number of rotatable bonds is 7. The number of hydrogen-bond donors (Lipinski definition) is 1. The van der Waals surface area contributed by atoms with E-state index in [1.807, 2.05) is 36.4 Å². The summed E-state index contributed by atoms with van der Waals surface area (Å²) in [5.41, 5.74) is 2.30. The van der Waals surface area contributed by atoms with Crippen LogP contribution in [0.4, 0.5) is 4.79 Å². The van der Waals surface area contributed by atoms with Crippen LogP contribution in [0, 0.1) is 0 Å². The topological polar surface area (TPSA) is 38.3 Å². The molecule has 0 aliphatic carbocycles. The molecule has 2 rings (SSSR count). The zero-order valence-corrected chi connectivity index (χ0v) is 13.0. The van der Waals surface area contributed by atoms with E-state index in [2.05, 4.69) is 36.5 Å². The summed E-state index contributed by atoms with van der Waals surface area (Å²) in [5, 5.41) is 2.78. The molecule has 0 saturated carbocycles. The first kappa shape index (κ1) is 16.1. The van der Waals surface area contributed by atoms with Gasteiger partial charge in [0.15, 0.2) is 0 Å². The SMILES string of the molecule is CCCCNC(=O)OCC(c1ccccc1)c1ccccc1. The molecule has 0 aromatic heterocycles. The number of alkyl carbamates (subject to hydrolysis) is 1. The zero-order chi connectivity index (χ0) is 15.6. The molecule has 116 valence electrons. The van der Waals surface area contributed by atoms with Crippen molar-refractivity contribution < 1.29 is 9.53 Å². The minimum absolute atomic E-state index is 0.0549. The van der Waals surface area contributed by atoms with Crippen LogP contribution < -0.4 is 5.32 Å². The summed E-state index contributed by atoms with van der Waals surface area (Å²) >= 11 is 0. The fourth-order valence-corrected chi connectivity index (χ4v) is 2.33. The van der Waals surface area contributed by atoms with Gasteiger partial charge in [-0.3, -0.25) is 0 Å². The van der Waals surface area contributed by atoms with Crippen LogP contribution in [-0.2, 0) is 4.74 Å². The van der Waals surface area contributed by atoms with Gasteiger partial charge in [0, 0.05) is 12.5 Å². The molecule has 22 heavy (non-hydrogen) atoms. The first-order chi connectivity index (χ1) is 10.8. The first-order valence-corrected chi connectivity index (χ1v) is 7.81. The van der Waals surface area contributed by atoms with Crippen molar-refractivity contribution in [3.05, 3.63) is 71.8 Å². The molecular formula is C19H23NO2. The van der Waals surface area contributed by atoms with Crippen LogP contribution >= 0.6 is 0 Å². The molecule has 2 aromatic rings. The van der Waals surface area contributed by atoms with E-state index < -0.39 is 0 Å². The summed E-state index contributed by atoms with van der Waals surface area (Å²) in [4.78, 5) is 11.8. The Balaban J connectivity index is 2.02. The fraction of sp³-hybridized carbons (Fsp3) is 0.316. The van der Waals surface area contributed by atoms with Crippen molar-refractivity contribution >= 4 is 6.09 Å². The Labute approximate surface area is 132 Å². The number of benzene rings is 2. The van der Waals surface area contributed by atoms with Gasteiger partial charge >= 0.3 is 6.09 Å². The Morgan fingerprint density at radius 2 is 1.55 bits per heavy atom. The molecule has 0 aliphatic heterocycles. The number of unbranched alkanes of at least 4 members (excludes halogenated alkanes) is 1. The highest BCUT2D eigenvalue weighted by Gasteiger charge is 2.16. The molecule has 1 N–H and O–H groups in total. The van der Waals surface area contributed by atoms with Gasteiger partial charge in [-0.25, -0.2) is 4.79 Å². The molecule has 3 nitrogen and oxygen atoms in total. The summed E-state index contributed by atoms with van der Waals surface area (Å²) in [6, 6.07) is 20.3. The van der Waals surface area contributed by atoms with Gasteiger partial charge < -0.3 is 10.1 Å². The van der Waals surface area contributed by atoms with Crippen molar-refractivity contribution in [1.82, 2.24) is 5.32 Å². The van der Waals surface area contributed by atoms with Gasteiger partial charge in [-0.05, 0) is 17.5 Å². The van der Waals surface area contributed by atoms with E-state index in [1.54, 1.807) is 0 Å². The van der Waals surface area contributed by atoms with E-state index in [0.717, 1.165) is 24.0 Å². The maximum atomic E-state index is 11.8. The Kier molecular flexibility index (Phi) is 6.49. The quantitative estimate of drug-likeness (QED) is 0.772. The van der Waals surface area contributed by atoms with Crippen molar-refractivity contribution in [3.63, 3.8) is 0 Å². The molecule has 0 heterocycles. The number of hydrogen-bond acceptors (Lipinski definition) is 2. The molecule has 0 spiro atoms. The van der Waals surface area contributed by atoms with Crippen LogP contribution in [0.15, 0.2) is 60.7 Å². The van der Waals surface area contributed by atoms with E-state index in [0.29, 0.717) is 13.2 Å². The molecule has 0 aliphatic rings. The lowest BCUT2D eigenvalue weighted by Gasteiger charge is -2.18. The van der Waals surface area contributed by atoms with Gasteiger partial charge in [-0.1, -0.05) is 74.0 Å². The second kappa shape index (κ2) is 8.88. The Morgan fingerprint density at radius 3 is 2.05 bits per heavy atom. The van der Waals surface area contributed by atoms with E-state index in [1.165, 1.54) is 0 Å². The third-order valence-corrected chi connectivity index (χ3v) is 3.58. The predicted molar refractivity (Wildman–Crippen MR) is 89.0 cm³/mol. The number of carbonyl (C=O) groups is 1. The standard InChI is InChI=1S/C19H23NO2/c1-2-3-14-20-19(21)22-15-18(16-10-6-4-7-11-16)17-12-8-5-9-13-17/h4-13,18H,2-3,14-15H2,1H3,(H,20,21). The van der Waals surface area contributed by atoms with Crippen molar-refractivity contribution in [2.24, 2.45) is 0 Å². The van der Waals surface area contributed by atoms with Gasteiger partial charge in [0.25, 0.3) is 0 Å². The molecule has 0 radical (unpaired) electrons. The second-order valence-corrected chi connectivity index (χ2v) is 5.25. The third kappa shape index (κ3) is 4.92. The van der Waals surface area contributed by atoms with E-state index in [4.69, 9.17) is 4.74 Å². The van der Waals surface area contributed by atoms with Crippen molar-refractivity contribution in [2.75, 3.05) is 13.2 Å². The molecule has 1 amide bonds. The lowest BCUT2D eigenvalue weighted by atomic mass is 9.92. The zero-order valence-electron chi connectivity index (χ0n) is 13.0. The predicted octanol–water partition coefficient (Wildman–Crippen LogP) is 4.34. The number of ether oxygens (including phenoxy) is 1. The summed E-state index contributed by atoms with van der Waals surface area (Å²) in [6.07, 6.45) is 1.68. The van der Waals surface area contributed by atoms with Gasteiger partial charge in [-0.15, -0.1) is 0 Å². The lowest BCUT2D eigenvalue weighted by molar-refractivity contribution is 0.142. The molecule has 0 bridgehead atoms. The van der Waals surface area contributed by atoms with Crippen molar-refractivity contribution in [1.29, 1.82) is 0 Å². The van der Waals surface area contributed by atoms with Crippen LogP contribution in [0.25, 0.3) is 0 Å². The number of amides is 1. The molecule has 0 fully saturated rings. The van der Waals surface area contributed by atoms with Crippen LogP contribution in [-0.4, -0.2) is 19.2 Å². The van der Waals surface area contributed by atoms with Gasteiger partial charge in [-0.2, -0.15) is 0 Å². The molecule has 0 saturated heterocycles. The van der Waals surface area contributed by atoms with Crippen LogP contribution in [0.3, 0.4) is 0 Å². The van der Waals surface area contributed by atoms with Gasteiger partial charge in [0.2, 0.25) is 0 Å². The van der Waals surface area contributed by atoms with Gasteiger partial charge in [0.1, 0.15) is 6.61 Å². The largest absolute Gasteiger partial charge is 0.449 e. The normalized spacial score (nSPS) is 10.5.